The van der Waals surface area contributed by atoms with E-state index < -0.39 is 10.0 Å². The third-order valence-electron chi connectivity index (χ3n) is 4.39. The molecule has 1 atom stereocenters. The van der Waals surface area contributed by atoms with Gasteiger partial charge in [-0.2, -0.15) is 0 Å². The second kappa shape index (κ2) is 6.26. The van der Waals surface area contributed by atoms with Crippen LogP contribution < -0.4 is 4.90 Å². The van der Waals surface area contributed by atoms with Gasteiger partial charge in [-0.15, -0.1) is 0 Å². The quantitative estimate of drug-likeness (QED) is 0.851. The fraction of sp³-hybridized carbons (Fsp3) is 0.438. The molecule has 0 amide bonds. The van der Waals surface area contributed by atoms with Crippen molar-refractivity contribution in [2.75, 3.05) is 31.3 Å². The second-order valence-corrected chi connectivity index (χ2v) is 8.51. The Bertz CT molecular complexity index is 825. The number of benzene rings is 1. The summed E-state index contributed by atoms with van der Waals surface area (Å²) in [6.45, 7) is 1.55. The molecule has 2 heterocycles. The molecule has 0 saturated carbocycles. The van der Waals surface area contributed by atoms with Gasteiger partial charge >= 0.3 is 0 Å². The van der Waals surface area contributed by atoms with Gasteiger partial charge in [0.2, 0.25) is 10.0 Å². The number of piperidine rings is 1. The predicted molar refractivity (Wildman–Crippen MR) is 94.6 cm³/mol. The molecule has 0 bridgehead atoms. The first-order valence-corrected chi connectivity index (χ1v) is 9.81. The Hall–Kier alpha value is -1.37. The van der Waals surface area contributed by atoms with E-state index in [0.717, 1.165) is 36.1 Å². The molecule has 124 valence electrons. The van der Waals surface area contributed by atoms with Crippen LogP contribution in [-0.2, 0) is 10.0 Å². The molecule has 1 aliphatic heterocycles. The summed E-state index contributed by atoms with van der Waals surface area (Å²) in [7, 11) is -1.52. The van der Waals surface area contributed by atoms with Crippen LogP contribution in [0.25, 0.3) is 10.9 Å². The number of hydrogen-bond acceptors (Lipinski definition) is 4. The molecule has 0 N–H and O–H groups in total. The fourth-order valence-electron chi connectivity index (χ4n) is 2.99. The minimum Gasteiger partial charge on any atom is -0.355 e. The van der Waals surface area contributed by atoms with E-state index in [9.17, 15) is 8.42 Å². The molecule has 0 radical (unpaired) electrons. The summed E-state index contributed by atoms with van der Waals surface area (Å²) >= 11 is 6.00. The normalized spacial score (nSPS) is 19.5. The lowest BCUT2D eigenvalue weighted by atomic mass is 10.1. The van der Waals surface area contributed by atoms with Crippen LogP contribution in [0.4, 0.5) is 5.82 Å². The minimum absolute atomic E-state index is 0.0125. The zero-order valence-corrected chi connectivity index (χ0v) is 14.8. The van der Waals surface area contributed by atoms with Crippen molar-refractivity contribution < 1.29 is 8.42 Å². The van der Waals surface area contributed by atoms with Gasteiger partial charge in [-0.3, -0.25) is 0 Å². The van der Waals surface area contributed by atoms with E-state index in [4.69, 9.17) is 16.6 Å². The molecule has 1 aliphatic rings. The molecular weight excluding hydrogens is 334 g/mol. The largest absolute Gasteiger partial charge is 0.355 e. The molecule has 23 heavy (non-hydrogen) atoms. The highest BCUT2D eigenvalue weighted by molar-refractivity contribution is 7.88. The first-order valence-electron chi connectivity index (χ1n) is 7.59. The lowest BCUT2D eigenvalue weighted by Crippen LogP contribution is -2.48. The Labute approximate surface area is 141 Å². The molecular formula is C16H20ClN3O2S. The van der Waals surface area contributed by atoms with Gasteiger partial charge in [0, 0.05) is 36.6 Å². The van der Waals surface area contributed by atoms with Crippen LogP contribution in [0.1, 0.15) is 12.8 Å². The molecule has 1 saturated heterocycles. The van der Waals surface area contributed by atoms with E-state index in [1.807, 2.05) is 30.3 Å². The van der Waals surface area contributed by atoms with E-state index in [1.165, 1.54) is 10.6 Å². The Morgan fingerprint density at radius 1 is 1.30 bits per heavy atom. The van der Waals surface area contributed by atoms with Crippen molar-refractivity contribution in [1.82, 2.24) is 9.29 Å². The number of hydrogen-bond donors (Lipinski definition) is 0. The average molecular weight is 354 g/mol. The van der Waals surface area contributed by atoms with Gasteiger partial charge in [-0.05, 0) is 43.2 Å². The summed E-state index contributed by atoms with van der Waals surface area (Å²) in [6.07, 6.45) is 3.08. The molecule has 0 spiro atoms. The lowest BCUT2D eigenvalue weighted by molar-refractivity contribution is 0.321. The number of halogens is 1. The van der Waals surface area contributed by atoms with Gasteiger partial charge in [-0.25, -0.2) is 17.7 Å². The van der Waals surface area contributed by atoms with E-state index in [-0.39, 0.29) is 6.04 Å². The van der Waals surface area contributed by atoms with Crippen LogP contribution in [0.3, 0.4) is 0 Å². The number of aromatic nitrogens is 1. The molecule has 1 aromatic carbocycles. The summed E-state index contributed by atoms with van der Waals surface area (Å²) in [5.74, 6) is 0.881. The van der Waals surface area contributed by atoms with Gasteiger partial charge < -0.3 is 4.90 Å². The van der Waals surface area contributed by atoms with Gasteiger partial charge in [-0.1, -0.05) is 11.6 Å². The van der Waals surface area contributed by atoms with Crippen molar-refractivity contribution in [3.8, 4) is 0 Å². The predicted octanol–water partition coefficient (Wildman–Crippen LogP) is 2.75. The number of sulfonamides is 1. The highest BCUT2D eigenvalue weighted by Crippen LogP contribution is 2.25. The minimum atomic E-state index is -3.18. The first kappa shape index (κ1) is 16.5. The molecule has 1 fully saturated rings. The van der Waals surface area contributed by atoms with Crippen LogP contribution in [0.2, 0.25) is 5.02 Å². The summed E-state index contributed by atoms with van der Waals surface area (Å²) in [5, 5.41) is 1.70. The fourth-order valence-corrected chi connectivity index (χ4v) is 3.89. The lowest BCUT2D eigenvalue weighted by Gasteiger charge is -2.37. The molecule has 7 heteroatoms. The van der Waals surface area contributed by atoms with Crippen LogP contribution in [-0.4, -0.2) is 50.1 Å². The second-order valence-electron chi connectivity index (χ2n) is 6.03. The highest BCUT2D eigenvalue weighted by Gasteiger charge is 2.28. The number of pyridine rings is 1. The molecule has 1 unspecified atom stereocenters. The van der Waals surface area contributed by atoms with Crippen LogP contribution in [0.5, 0.6) is 0 Å². The number of fused-ring (bicyclic) bond motifs is 1. The zero-order chi connectivity index (χ0) is 16.6. The third kappa shape index (κ3) is 3.59. The van der Waals surface area contributed by atoms with Crippen LogP contribution >= 0.6 is 11.6 Å². The molecule has 0 aliphatic carbocycles. The van der Waals surface area contributed by atoms with Gasteiger partial charge in [0.25, 0.3) is 0 Å². The molecule has 2 aromatic rings. The van der Waals surface area contributed by atoms with Gasteiger partial charge in [0.15, 0.2) is 0 Å². The Balaban J connectivity index is 1.85. The maximum absolute atomic E-state index is 11.8. The maximum Gasteiger partial charge on any atom is 0.211 e. The molecule has 5 nitrogen and oxygen atoms in total. The van der Waals surface area contributed by atoms with Crippen LogP contribution in [0.15, 0.2) is 30.3 Å². The van der Waals surface area contributed by atoms with Crippen LogP contribution in [0, 0.1) is 0 Å². The smallest absolute Gasteiger partial charge is 0.211 e. The third-order valence-corrected chi connectivity index (χ3v) is 5.97. The average Bonchev–Trinajstić information content (AvgIpc) is 2.53. The summed E-state index contributed by atoms with van der Waals surface area (Å²) in [6, 6.07) is 9.60. The Kier molecular flexibility index (Phi) is 4.49. The van der Waals surface area contributed by atoms with Crippen molar-refractivity contribution in [2.24, 2.45) is 0 Å². The molecule has 3 rings (SSSR count). The Morgan fingerprint density at radius 2 is 2.09 bits per heavy atom. The van der Waals surface area contributed by atoms with Gasteiger partial charge in [0.05, 0.1) is 11.8 Å². The topological polar surface area (TPSA) is 53.5 Å². The number of likely N-dealkylation sites (N-methyl/N-ethyl adjacent to an activating group) is 1. The van der Waals surface area contributed by atoms with Gasteiger partial charge in [0.1, 0.15) is 5.82 Å². The number of anilines is 1. The standard InChI is InChI=1S/C16H20ClN3O2S/c1-19(23(2,21)22)14-4-3-9-20(11-14)16-8-5-12-10-13(17)6-7-15(12)18-16/h5-8,10,14H,3-4,9,11H2,1-2H3. The summed E-state index contributed by atoms with van der Waals surface area (Å²) < 4.78 is 25.0. The summed E-state index contributed by atoms with van der Waals surface area (Å²) in [5.41, 5.74) is 0.894. The number of nitrogens with zero attached hydrogens (tertiary/aromatic N) is 3. The molecule has 1 aromatic heterocycles. The van der Waals surface area contributed by atoms with E-state index in [2.05, 4.69) is 4.90 Å². The van der Waals surface area contributed by atoms with Crippen molar-refractivity contribution in [3.63, 3.8) is 0 Å². The van der Waals surface area contributed by atoms with Crippen molar-refractivity contribution >= 4 is 38.3 Å². The zero-order valence-electron chi connectivity index (χ0n) is 13.2. The van der Waals surface area contributed by atoms with E-state index >= 15 is 0 Å². The number of rotatable bonds is 3. The first-order chi connectivity index (χ1) is 10.8. The monoisotopic (exact) mass is 353 g/mol. The van der Waals surface area contributed by atoms with E-state index in [1.54, 1.807) is 7.05 Å². The maximum atomic E-state index is 11.8. The van der Waals surface area contributed by atoms with Crippen molar-refractivity contribution in [2.45, 2.75) is 18.9 Å². The van der Waals surface area contributed by atoms with E-state index in [0.29, 0.717) is 11.6 Å². The summed E-state index contributed by atoms with van der Waals surface area (Å²) in [4.78, 5) is 6.85. The SMILES string of the molecule is CN(C1CCCN(c2ccc3cc(Cl)ccc3n2)C1)S(C)(=O)=O. The Morgan fingerprint density at radius 3 is 2.83 bits per heavy atom. The van der Waals surface area contributed by atoms with Crippen molar-refractivity contribution in [3.05, 3.63) is 35.4 Å². The highest BCUT2D eigenvalue weighted by atomic mass is 35.5. The van der Waals surface area contributed by atoms with Crippen molar-refractivity contribution in [1.29, 1.82) is 0 Å².